The summed E-state index contributed by atoms with van der Waals surface area (Å²) in [5, 5.41) is 2.88. The van der Waals surface area contributed by atoms with E-state index in [2.05, 4.69) is 58.7 Å². The number of amides is 2. The quantitative estimate of drug-likeness (QED) is 0.308. The van der Waals surface area contributed by atoms with E-state index < -0.39 is 0 Å². The van der Waals surface area contributed by atoms with E-state index in [1.807, 2.05) is 61.2 Å². The van der Waals surface area contributed by atoms with Crippen molar-refractivity contribution in [1.29, 1.82) is 0 Å². The van der Waals surface area contributed by atoms with Crippen molar-refractivity contribution >= 4 is 17.5 Å². The van der Waals surface area contributed by atoms with Crippen LogP contribution in [0.1, 0.15) is 38.7 Å². The third-order valence-corrected chi connectivity index (χ3v) is 7.33. The predicted molar refractivity (Wildman–Crippen MR) is 159 cm³/mol. The van der Waals surface area contributed by atoms with E-state index in [1.54, 1.807) is 12.1 Å². The second-order valence-corrected chi connectivity index (χ2v) is 10.2. The van der Waals surface area contributed by atoms with Gasteiger partial charge in [0.2, 0.25) is 0 Å². The van der Waals surface area contributed by atoms with Gasteiger partial charge in [0, 0.05) is 26.2 Å². The highest BCUT2D eigenvalue weighted by molar-refractivity contribution is 6.04. The van der Waals surface area contributed by atoms with Crippen LogP contribution in [-0.4, -0.2) is 54.4 Å². The van der Waals surface area contributed by atoms with Gasteiger partial charge in [-0.05, 0) is 54.3 Å². The maximum atomic E-state index is 13.6. The van der Waals surface area contributed by atoms with Crippen molar-refractivity contribution in [3.05, 3.63) is 131 Å². The van der Waals surface area contributed by atoms with Crippen LogP contribution in [0.5, 0.6) is 5.75 Å². The van der Waals surface area contributed by atoms with Gasteiger partial charge in [0.1, 0.15) is 5.75 Å². The zero-order chi connectivity index (χ0) is 27.9. The first-order chi connectivity index (χ1) is 19.5. The molecule has 0 aromatic heterocycles. The number of nitrogens with one attached hydrogen (secondary N) is 1. The van der Waals surface area contributed by atoms with E-state index in [4.69, 9.17) is 4.74 Å². The Morgan fingerprint density at radius 3 is 2.02 bits per heavy atom. The monoisotopic (exact) mass is 533 g/mol. The third kappa shape index (κ3) is 6.41. The summed E-state index contributed by atoms with van der Waals surface area (Å²) in [4.78, 5) is 30.7. The molecule has 6 heteroatoms. The van der Waals surface area contributed by atoms with Gasteiger partial charge in [0.15, 0.2) is 6.61 Å². The van der Waals surface area contributed by atoms with Crippen molar-refractivity contribution in [2.24, 2.45) is 0 Å². The van der Waals surface area contributed by atoms with Crippen molar-refractivity contribution in [2.75, 3.05) is 38.1 Å². The van der Waals surface area contributed by atoms with Crippen molar-refractivity contribution in [1.82, 2.24) is 9.80 Å². The molecular weight excluding hydrogens is 498 g/mol. The SMILES string of the molecule is Cc1ccc(C)c(OCC(=O)Nc2ccccc2C(=O)N2CCN(C(c3ccccc3)c3ccccc3)CC2)c1. The highest BCUT2D eigenvalue weighted by Crippen LogP contribution is 2.30. The fourth-order valence-corrected chi connectivity index (χ4v) is 5.21. The summed E-state index contributed by atoms with van der Waals surface area (Å²) in [6, 6.07) is 34.2. The second kappa shape index (κ2) is 12.6. The number of benzene rings is 4. The Kier molecular flexibility index (Phi) is 8.57. The van der Waals surface area contributed by atoms with Gasteiger partial charge < -0.3 is 15.0 Å². The zero-order valence-corrected chi connectivity index (χ0v) is 23.0. The van der Waals surface area contributed by atoms with Crippen LogP contribution in [0.25, 0.3) is 0 Å². The number of hydrogen-bond acceptors (Lipinski definition) is 4. The molecule has 204 valence electrons. The van der Waals surface area contributed by atoms with Gasteiger partial charge in [-0.3, -0.25) is 14.5 Å². The van der Waals surface area contributed by atoms with Crippen molar-refractivity contribution in [2.45, 2.75) is 19.9 Å². The fraction of sp³-hybridized carbons (Fsp3) is 0.235. The summed E-state index contributed by atoms with van der Waals surface area (Å²) in [5.41, 5.74) is 5.50. The third-order valence-electron chi connectivity index (χ3n) is 7.33. The number of rotatable bonds is 8. The van der Waals surface area contributed by atoms with Crippen molar-refractivity contribution in [3.8, 4) is 5.75 Å². The van der Waals surface area contributed by atoms with E-state index in [0.29, 0.717) is 30.1 Å². The van der Waals surface area contributed by atoms with Crippen LogP contribution in [0.3, 0.4) is 0 Å². The molecular formula is C34H35N3O3. The Balaban J connectivity index is 1.24. The Labute approximate surface area is 236 Å². The van der Waals surface area contributed by atoms with Crippen LogP contribution in [0.15, 0.2) is 103 Å². The zero-order valence-electron chi connectivity index (χ0n) is 23.0. The van der Waals surface area contributed by atoms with Crippen molar-refractivity contribution < 1.29 is 14.3 Å². The number of piperazine rings is 1. The minimum absolute atomic E-state index is 0.0815. The normalized spacial score (nSPS) is 13.7. The molecule has 2 amide bonds. The van der Waals surface area contributed by atoms with E-state index in [0.717, 1.165) is 24.2 Å². The summed E-state index contributed by atoms with van der Waals surface area (Å²) in [6.07, 6.45) is 0. The Morgan fingerprint density at radius 2 is 1.38 bits per heavy atom. The lowest BCUT2D eigenvalue weighted by molar-refractivity contribution is -0.118. The first-order valence-electron chi connectivity index (χ1n) is 13.7. The van der Waals surface area contributed by atoms with Crippen LogP contribution in [0.2, 0.25) is 0 Å². The van der Waals surface area contributed by atoms with Gasteiger partial charge >= 0.3 is 0 Å². The Bertz CT molecular complexity index is 1410. The standard InChI is InChI=1S/C34H35N3O3/c1-25-17-18-26(2)31(23-25)40-24-32(38)35-30-16-10-9-15-29(30)34(39)37-21-19-36(20-22-37)33(27-11-5-3-6-12-27)28-13-7-4-8-14-28/h3-18,23,33H,19-22,24H2,1-2H3,(H,35,38). The molecule has 1 saturated heterocycles. The number of carbonyl (C=O) groups excluding carboxylic acids is 2. The predicted octanol–water partition coefficient (Wildman–Crippen LogP) is 5.87. The minimum atomic E-state index is -0.306. The maximum absolute atomic E-state index is 13.6. The molecule has 1 aliphatic heterocycles. The van der Waals surface area contributed by atoms with Crippen LogP contribution >= 0.6 is 0 Å². The number of carbonyl (C=O) groups is 2. The summed E-state index contributed by atoms with van der Waals surface area (Å²) >= 11 is 0. The fourth-order valence-electron chi connectivity index (χ4n) is 5.21. The number of hydrogen-bond donors (Lipinski definition) is 1. The average molecular weight is 534 g/mol. The summed E-state index contributed by atoms with van der Waals surface area (Å²) in [5.74, 6) is 0.295. The van der Waals surface area contributed by atoms with Gasteiger partial charge in [-0.15, -0.1) is 0 Å². The van der Waals surface area contributed by atoms with Crippen LogP contribution in [0, 0.1) is 13.8 Å². The number of aryl methyl sites for hydroxylation is 2. The molecule has 0 aliphatic carbocycles. The summed E-state index contributed by atoms with van der Waals surface area (Å²) < 4.78 is 5.76. The molecule has 4 aromatic carbocycles. The smallest absolute Gasteiger partial charge is 0.262 e. The molecule has 0 atom stereocenters. The van der Waals surface area contributed by atoms with E-state index in [-0.39, 0.29) is 24.5 Å². The van der Waals surface area contributed by atoms with Crippen molar-refractivity contribution in [3.63, 3.8) is 0 Å². The summed E-state index contributed by atoms with van der Waals surface area (Å²) in [6.45, 7) is 6.50. The molecule has 0 unspecified atom stereocenters. The molecule has 5 rings (SSSR count). The average Bonchev–Trinajstić information content (AvgIpc) is 2.99. The van der Waals surface area contributed by atoms with Gasteiger partial charge in [0.25, 0.3) is 11.8 Å². The molecule has 1 aliphatic rings. The molecule has 4 aromatic rings. The minimum Gasteiger partial charge on any atom is -0.483 e. The van der Waals surface area contributed by atoms with Crippen LogP contribution in [0.4, 0.5) is 5.69 Å². The van der Waals surface area contributed by atoms with E-state index in [1.165, 1.54) is 11.1 Å². The lowest BCUT2D eigenvalue weighted by atomic mass is 9.96. The van der Waals surface area contributed by atoms with Crippen LogP contribution < -0.4 is 10.1 Å². The molecule has 0 saturated carbocycles. The molecule has 1 fully saturated rings. The highest BCUT2D eigenvalue weighted by Gasteiger charge is 2.29. The van der Waals surface area contributed by atoms with Gasteiger partial charge in [-0.1, -0.05) is 84.9 Å². The lowest BCUT2D eigenvalue weighted by Gasteiger charge is -2.40. The van der Waals surface area contributed by atoms with Gasteiger partial charge in [-0.2, -0.15) is 0 Å². The Hall–Kier alpha value is -4.42. The Morgan fingerprint density at radius 1 is 0.775 bits per heavy atom. The number of anilines is 1. The second-order valence-electron chi connectivity index (χ2n) is 10.2. The van der Waals surface area contributed by atoms with Gasteiger partial charge in [-0.25, -0.2) is 0 Å². The van der Waals surface area contributed by atoms with E-state index >= 15 is 0 Å². The van der Waals surface area contributed by atoms with Gasteiger partial charge in [0.05, 0.1) is 17.3 Å². The van der Waals surface area contributed by atoms with Crippen LogP contribution in [-0.2, 0) is 4.79 Å². The molecule has 6 nitrogen and oxygen atoms in total. The summed E-state index contributed by atoms with van der Waals surface area (Å²) in [7, 11) is 0. The number of nitrogens with zero attached hydrogens (tertiary/aromatic N) is 2. The number of para-hydroxylation sites is 1. The molecule has 0 bridgehead atoms. The highest BCUT2D eigenvalue weighted by atomic mass is 16.5. The largest absolute Gasteiger partial charge is 0.483 e. The first-order valence-corrected chi connectivity index (χ1v) is 13.7. The molecule has 0 spiro atoms. The molecule has 40 heavy (non-hydrogen) atoms. The van der Waals surface area contributed by atoms with E-state index in [9.17, 15) is 9.59 Å². The number of ether oxygens (including phenoxy) is 1. The molecule has 0 radical (unpaired) electrons. The molecule has 1 heterocycles. The topological polar surface area (TPSA) is 61.9 Å². The first kappa shape index (κ1) is 27.2. The maximum Gasteiger partial charge on any atom is 0.262 e. The lowest BCUT2D eigenvalue weighted by Crippen LogP contribution is -2.50. The molecule has 1 N–H and O–H groups in total.